The molecule has 6 heteroatoms. The van der Waals surface area contributed by atoms with Crippen LogP contribution in [0, 0.1) is 0 Å². The summed E-state index contributed by atoms with van der Waals surface area (Å²) in [5, 5.41) is 9.40. The second-order valence-corrected chi connectivity index (χ2v) is 4.94. The Balaban J connectivity index is 2.60. The molecular weight excluding hydrogens is 272 g/mol. The second kappa shape index (κ2) is 5.47. The number of likely N-dealkylation sites (N-methyl/N-ethyl adjacent to an activating group) is 1. The van der Waals surface area contributed by atoms with Gasteiger partial charge in [-0.1, -0.05) is 12.1 Å². The molecule has 1 aromatic carbocycles. The van der Waals surface area contributed by atoms with Gasteiger partial charge in [0.1, 0.15) is 5.75 Å². The van der Waals surface area contributed by atoms with Gasteiger partial charge in [0.25, 0.3) is 0 Å². The van der Waals surface area contributed by atoms with Gasteiger partial charge in [-0.25, -0.2) is 9.59 Å². The summed E-state index contributed by atoms with van der Waals surface area (Å²) in [6.45, 7) is 1.71. The number of benzene rings is 1. The van der Waals surface area contributed by atoms with Crippen LogP contribution in [0.1, 0.15) is 18.5 Å². The molecule has 1 N–H and O–H groups in total. The highest BCUT2D eigenvalue weighted by atomic mass is 16.5. The number of methoxy groups -OCH3 is 1. The lowest BCUT2D eigenvalue weighted by Gasteiger charge is -2.39. The van der Waals surface area contributed by atoms with Gasteiger partial charge < -0.3 is 19.6 Å². The van der Waals surface area contributed by atoms with E-state index < -0.39 is 12.0 Å². The fraction of sp³-hybridized carbons (Fsp3) is 0.333. The summed E-state index contributed by atoms with van der Waals surface area (Å²) in [7, 11) is 4.56. The molecule has 0 unspecified atom stereocenters. The Morgan fingerprint density at radius 1 is 1.24 bits per heavy atom. The van der Waals surface area contributed by atoms with Crippen LogP contribution in [-0.4, -0.2) is 48.1 Å². The number of phenols is 1. The average Bonchev–Trinajstić information content (AvgIpc) is 2.49. The summed E-state index contributed by atoms with van der Waals surface area (Å²) in [6.07, 6.45) is 0. The minimum absolute atomic E-state index is 0.126. The lowest BCUT2D eigenvalue weighted by Crippen LogP contribution is -2.47. The van der Waals surface area contributed by atoms with Gasteiger partial charge >= 0.3 is 12.0 Å². The molecule has 6 nitrogen and oxygen atoms in total. The number of allylic oxidation sites excluding steroid dienone is 1. The Hall–Kier alpha value is -2.50. The maximum atomic E-state index is 12.3. The fourth-order valence-electron chi connectivity index (χ4n) is 2.48. The van der Waals surface area contributed by atoms with Crippen molar-refractivity contribution in [3.63, 3.8) is 0 Å². The first-order chi connectivity index (χ1) is 9.88. The standard InChI is InChI=1S/C15H18N2O4/c1-9-12(14(19)21-4)13(17(3)15(20)16(9)2)10-5-7-11(18)8-6-10/h5-8,13,18H,1-4H3/t13-/m0/s1. The number of phenolic OH excluding ortho intramolecular Hbond substituents is 1. The zero-order valence-electron chi connectivity index (χ0n) is 12.5. The van der Waals surface area contributed by atoms with Crippen LogP contribution in [-0.2, 0) is 9.53 Å². The van der Waals surface area contributed by atoms with Crippen molar-refractivity contribution in [3.05, 3.63) is 41.1 Å². The predicted molar refractivity (Wildman–Crippen MR) is 76.5 cm³/mol. The van der Waals surface area contributed by atoms with E-state index in [1.807, 2.05) is 0 Å². The van der Waals surface area contributed by atoms with Crippen LogP contribution in [0.2, 0.25) is 0 Å². The van der Waals surface area contributed by atoms with Crippen LogP contribution in [0.4, 0.5) is 4.79 Å². The number of amides is 2. The highest BCUT2D eigenvalue weighted by Gasteiger charge is 2.38. The van der Waals surface area contributed by atoms with E-state index in [1.54, 1.807) is 33.2 Å². The van der Waals surface area contributed by atoms with Gasteiger partial charge in [-0.05, 0) is 24.6 Å². The van der Waals surface area contributed by atoms with Crippen LogP contribution < -0.4 is 0 Å². The van der Waals surface area contributed by atoms with E-state index in [0.29, 0.717) is 11.3 Å². The van der Waals surface area contributed by atoms with Crippen molar-refractivity contribution in [2.24, 2.45) is 0 Å². The minimum Gasteiger partial charge on any atom is -0.508 e. The topological polar surface area (TPSA) is 70.1 Å². The molecule has 0 fully saturated rings. The van der Waals surface area contributed by atoms with Gasteiger partial charge in [0.2, 0.25) is 0 Å². The van der Waals surface area contributed by atoms with Gasteiger partial charge in [0, 0.05) is 19.8 Å². The molecule has 0 saturated heterocycles. The fourth-order valence-corrected chi connectivity index (χ4v) is 2.48. The monoisotopic (exact) mass is 290 g/mol. The Morgan fingerprint density at radius 2 is 1.81 bits per heavy atom. The smallest absolute Gasteiger partial charge is 0.337 e. The molecular formula is C15H18N2O4. The zero-order valence-corrected chi connectivity index (χ0v) is 12.5. The van der Waals surface area contributed by atoms with Crippen molar-refractivity contribution in [3.8, 4) is 5.75 Å². The summed E-state index contributed by atoms with van der Waals surface area (Å²) in [5.74, 6) is -0.349. The molecule has 0 saturated carbocycles. The van der Waals surface area contributed by atoms with E-state index in [9.17, 15) is 14.7 Å². The van der Waals surface area contributed by atoms with Gasteiger partial charge in [-0.2, -0.15) is 0 Å². The van der Waals surface area contributed by atoms with Crippen molar-refractivity contribution < 1.29 is 19.4 Å². The molecule has 1 aliphatic heterocycles. The average molecular weight is 290 g/mol. The van der Waals surface area contributed by atoms with Gasteiger partial charge in [-0.3, -0.25) is 0 Å². The first-order valence-corrected chi connectivity index (χ1v) is 6.47. The van der Waals surface area contributed by atoms with Crippen LogP contribution in [0.15, 0.2) is 35.5 Å². The third kappa shape index (κ3) is 2.44. The minimum atomic E-state index is -0.540. The Labute approximate surface area is 123 Å². The van der Waals surface area contributed by atoms with E-state index in [4.69, 9.17) is 4.74 Å². The van der Waals surface area contributed by atoms with Crippen LogP contribution in [0.25, 0.3) is 0 Å². The summed E-state index contributed by atoms with van der Waals surface area (Å²) in [5.41, 5.74) is 1.70. The number of ether oxygens (including phenoxy) is 1. The van der Waals surface area contributed by atoms with Crippen molar-refractivity contribution in [2.45, 2.75) is 13.0 Å². The Morgan fingerprint density at radius 3 is 2.33 bits per heavy atom. The number of carbonyl (C=O) groups excluding carboxylic acids is 2. The summed E-state index contributed by atoms with van der Waals surface area (Å²) < 4.78 is 4.86. The largest absolute Gasteiger partial charge is 0.508 e. The number of nitrogens with zero attached hydrogens (tertiary/aromatic N) is 2. The number of esters is 1. The van der Waals surface area contributed by atoms with Crippen LogP contribution in [0.5, 0.6) is 5.75 Å². The first kappa shape index (κ1) is 14.9. The quantitative estimate of drug-likeness (QED) is 0.844. The Kier molecular flexibility index (Phi) is 3.88. The van der Waals surface area contributed by atoms with Gasteiger partial charge in [0.05, 0.1) is 18.7 Å². The van der Waals surface area contributed by atoms with Crippen molar-refractivity contribution in [2.75, 3.05) is 21.2 Å². The number of rotatable bonds is 2. The Bertz CT molecular complexity index is 607. The third-order valence-corrected chi connectivity index (χ3v) is 3.76. The van der Waals surface area contributed by atoms with E-state index in [2.05, 4.69) is 0 Å². The first-order valence-electron chi connectivity index (χ1n) is 6.47. The van der Waals surface area contributed by atoms with Crippen LogP contribution >= 0.6 is 0 Å². The maximum absolute atomic E-state index is 12.3. The SMILES string of the molecule is COC(=O)C1=C(C)N(C)C(=O)N(C)[C@H]1c1ccc(O)cc1. The summed E-state index contributed by atoms with van der Waals surface area (Å²) >= 11 is 0. The molecule has 0 aliphatic carbocycles. The third-order valence-electron chi connectivity index (χ3n) is 3.76. The van der Waals surface area contributed by atoms with E-state index in [0.717, 1.165) is 5.56 Å². The number of urea groups is 1. The summed E-state index contributed by atoms with van der Waals surface area (Å²) in [6, 6.07) is 5.67. The van der Waals surface area contributed by atoms with E-state index in [1.165, 1.54) is 29.0 Å². The number of hydrogen-bond acceptors (Lipinski definition) is 4. The van der Waals surface area contributed by atoms with Gasteiger partial charge in [-0.15, -0.1) is 0 Å². The molecule has 2 rings (SSSR count). The molecule has 112 valence electrons. The molecule has 1 aliphatic rings. The van der Waals surface area contributed by atoms with Crippen molar-refractivity contribution in [1.82, 2.24) is 9.80 Å². The number of aromatic hydroxyl groups is 1. The van der Waals surface area contributed by atoms with Crippen LogP contribution in [0.3, 0.4) is 0 Å². The molecule has 1 atom stereocenters. The molecule has 0 aromatic heterocycles. The molecule has 0 spiro atoms. The highest BCUT2D eigenvalue weighted by molar-refractivity contribution is 5.94. The molecule has 0 bridgehead atoms. The number of hydrogen-bond donors (Lipinski definition) is 1. The lowest BCUT2D eigenvalue weighted by molar-refractivity contribution is -0.137. The summed E-state index contributed by atoms with van der Waals surface area (Å²) in [4.78, 5) is 27.3. The van der Waals surface area contributed by atoms with Gasteiger partial charge in [0.15, 0.2) is 0 Å². The maximum Gasteiger partial charge on any atom is 0.337 e. The van der Waals surface area contributed by atoms with E-state index in [-0.39, 0.29) is 11.8 Å². The number of carbonyl (C=O) groups is 2. The van der Waals surface area contributed by atoms with E-state index >= 15 is 0 Å². The lowest BCUT2D eigenvalue weighted by atomic mass is 9.93. The van der Waals surface area contributed by atoms with Crippen molar-refractivity contribution in [1.29, 1.82) is 0 Å². The molecule has 21 heavy (non-hydrogen) atoms. The zero-order chi connectivity index (χ0) is 15.7. The van der Waals surface area contributed by atoms with Crippen molar-refractivity contribution >= 4 is 12.0 Å². The second-order valence-electron chi connectivity index (χ2n) is 4.94. The molecule has 1 aromatic rings. The molecule has 2 amide bonds. The molecule has 0 radical (unpaired) electrons. The highest BCUT2D eigenvalue weighted by Crippen LogP contribution is 2.36. The molecule has 1 heterocycles. The normalized spacial score (nSPS) is 19.0. The predicted octanol–water partition coefficient (Wildman–Crippen LogP) is 1.88.